The van der Waals surface area contributed by atoms with Crippen molar-refractivity contribution in [3.63, 3.8) is 0 Å². The molecular formula is C17H32IN7O3. The van der Waals surface area contributed by atoms with Crippen molar-refractivity contribution in [2.75, 3.05) is 27.2 Å². The van der Waals surface area contributed by atoms with Crippen LogP contribution in [0.2, 0.25) is 0 Å². The van der Waals surface area contributed by atoms with Crippen molar-refractivity contribution in [2.45, 2.75) is 52.0 Å². The van der Waals surface area contributed by atoms with Gasteiger partial charge in [0.1, 0.15) is 11.4 Å². The van der Waals surface area contributed by atoms with Gasteiger partial charge in [0, 0.05) is 27.7 Å². The average Bonchev–Trinajstić information content (AvgIpc) is 3.14. The Kier molecular flexibility index (Phi) is 8.92. The summed E-state index contributed by atoms with van der Waals surface area (Å²) in [5, 5.41) is 14.7. The fraction of sp³-hybridized carbons (Fsp3) is 0.765. The highest BCUT2D eigenvalue weighted by Crippen LogP contribution is 2.17. The van der Waals surface area contributed by atoms with Crippen LogP contribution in [-0.4, -0.2) is 76.7 Å². The van der Waals surface area contributed by atoms with E-state index in [2.05, 4.69) is 25.8 Å². The highest BCUT2D eigenvalue weighted by molar-refractivity contribution is 14.0. The van der Waals surface area contributed by atoms with Crippen molar-refractivity contribution >= 4 is 36.0 Å². The van der Waals surface area contributed by atoms with Crippen molar-refractivity contribution in [1.29, 1.82) is 0 Å². The van der Waals surface area contributed by atoms with Crippen LogP contribution < -0.4 is 10.6 Å². The lowest BCUT2D eigenvalue weighted by Gasteiger charge is -2.24. The summed E-state index contributed by atoms with van der Waals surface area (Å²) in [6.07, 6.45) is -0.500. The molecule has 2 N–H and O–H groups in total. The Bertz CT molecular complexity index is 687. The van der Waals surface area contributed by atoms with Crippen molar-refractivity contribution in [2.24, 2.45) is 12.0 Å². The fourth-order valence-corrected chi connectivity index (χ4v) is 2.76. The molecule has 2 rings (SSSR count). The Labute approximate surface area is 183 Å². The van der Waals surface area contributed by atoms with E-state index in [0.717, 1.165) is 11.6 Å². The molecule has 0 bridgehead atoms. The number of guanidine groups is 1. The molecule has 2 heterocycles. The van der Waals surface area contributed by atoms with Gasteiger partial charge < -0.3 is 29.6 Å². The molecule has 11 heteroatoms. The van der Waals surface area contributed by atoms with Gasteiger partial charge in [0.15, 0.2) is 11.8 Å². The highest BCUT2D eigenvalue weighted by atomic mass is 127. The number of amides is 1. The molecule has 0 aromatic carbocycles. The standard InChI is InChI=1S/C17H31N7O3.HI/c1-11-21-22-14(23(11)6)8-19-15(18-5)20-12-9-24(10-13(12)26-7)16(25)27-17(2,3)4;/h12-13H,8-10H2,1-7H3,(H2,18,19,20);1H/t12?,13-;/m0./s1. The third-order valence-corrected chi connectivity index (χ3v) is 4.36. The van der Waals surface area contributed by atoms with Crippen LogP contribution in [0.15, 0.2) is 4.99 Å². The minimum atomic E-state index is -0.531. The molecule has 0 radical (unpaired) electrons. The molecule has 10 nitrogen and oxygen atoms in total. The van der Waals surface area contributed by atoms with E-state index in [-0.39, 0.29) is 42.2 Å². The van der Waals surface area contributed by atoms with Crippen LogP contribution in [-0.2, 0) is 23.1 Å². The summed E-state index contributed by atoms with van der Waals surface area (Å²) >= 11 is 0. The second-order valence-electron chi connectivity index (χ2n) is 7.56. The number of aliphatic imine (C=N–C) groups is 1. The molecule has 0 spiro atoms. The van der Waals surface area contributed by atoms with Crippen molar-refractivity contribution < 1.29 is 14.3 Å². The zero-order chi connectivity index (χ0) is 20.2. The first-order valence-corrected chi connectivity index (χ1v) is 8.97. The average molecular weight is 509 g/mol. The molecule has 1 aliphatic rings. The van der Waals surface area contributed by atoms with E-state index in [4.69, 9.17) is 9.47 Å². The van der Waals surface area contributed by atoms with Crippen LogP contribution in [0.3, 0.4) is 0 Å². The molecule has 1 aromatic rings. The molecule has 160 valence electrons. The minimum absolute atomic E-state index is 0. The first kappa shape index (κ1) is 24.4. The number of nitrogens with zero attached hydrogens (tertiary/aromatic N) is 5. The number of hydrogen-bond acceptors (Lipinski definition) is 6. The number of aryl methyl sites for hydroxylation is 1. The van der Waals surface area contributed by atoms with Crippen LogP contribution in [0.5, 0.6) is 0 Å². The topological polar surface area (TPSA) is 106 Å². The lowest BCUT2D eigenvalue weighted by Crippen LogP contribution is -2.49. The van der Waals surface area contributed by atoms with Gasteiger partial charge in [-0.3, -0.25) is 4.99 Å². The third kappa shape index (κ3) is 6.47. The number of likely N-dealkylation sites (tertiary alicyclic amines) is 1. The molecule has 1 unspecified atom stereocenters. The maximum absolute atomic E-state index is 12.3. The van der Waals surface area contributed by atoms with Crippen LogP contribution in [0.1, 0.15) is 32.4 Å². The number of ether oxygens (including phenoxy) is 2. The van der Waals surface area contributed by atoms with Crippen LogP contribution in [0, 0.1) is 6.92 Å². The summed E-state index contributed by atoms with van der Waals surface area (Å²) in [5.74, 6) is 2.26. The van der Waals surface area contributed by atoms with Gasteiger partial charge in [0.25, 0.3) is 0 Å². The number of rotatable bonds is 4. The Morgan fingerprint density at radius 3 is 2.50 bits per heavy atom. The summed E-state index contributed by atoms with van der Waals surface area (Å²) in [4.78, 5) is 18.2. The number of nitrogens with one attached hydrogen (secondary N) is 2. The van der Waals surface area contributed by atoms with Gasteiger partial charge in [0.2, 0.25) is 0 Å². The van der Waals surface area contributed by atoms with Crippen LogP contribution in [0.4, 0.5) is 4.79 Å². The summed E-state index contributed by atoms with van der Waals surface area (Å²) in [7, 11) is 5.25. The van der Waals surface area contributed by atoms with E-state index < -0.39 is 5.60 Å². The fourth-order valence-electron chi connectivity index (χ4n) is 2.76. The van der Waals surface area contributed by atoms with Crippen LogP contribution in [0.25, 0.3) is 0 Å². The number of methoxy groups -OCH3 is 1. The van der Waals surface area contributed by atoms with Crippen molar-refractivity contribution in [1.82, 2.24) is 30.3 Å². The number of aromatic nitrogens is 3. The van der Waals surface area contributed by atoms with Gasteiger partial charge >= 0.3 is 6.09 Å². The normalized spacial score (nSPS) is 20.0. The maximum atomic E-state index is 12.3. The van der Waals surface area contributed by atoms with Crippen LogP contribution >= 0.6 is 24.0 Å². The number of hydrogen-bond donors (Lipinski definition) is 2. The van der Waals surface area contributed by atoms with E-state index >= 15 is 0 Å². The van der Waals surface area contributed by atoms with Gasteiger partial charge in [0.05, 0.1) is 25.2 Å². The highest BCUT2D eigenvalue weighted by Gasteiger charge is 2.37. The lowest BCUT2D eigenvalue weighted by atomic mass is 10.2. The lowest BCUT2D eigenvalue weighted by molar-refractivity contribution is 0.0252. The van der Waals surface area contributed by atoms with E-state index in [0.29, 0.717) is 25.6 Å². The van der Waals surface area contributed by atoms with E-state index in [1.807, 2.05) is 39.3 Å². The molecule has 2 atom stereocenters. The van der Waals surface area contributed by atoms with Gasteiger partial charge in [-0.1, -0.05) is 0 Å². The molecule has 1 saturated heterocycles. The SMILES string of the molecule is CN=C(NCc1nnc(C)n1C)NC1CN(C(=O)OC(C)(C)C)C[C@@H]1OC.I. The maximum Gasteiger partial charge on any atom is 0.410 e. The number of halogens is 1. The van der Waals surface area contributed by atoms with Gasteiger partial charge in [-0.05, 0) is 27.7 Å². The summed E-state index contributed by atoms with van der Waals surface area (Å²) in [6, 6.07) is -0.102. The van der Waals surface area contributed by atoms with Gasteiger partial charge in [-0.2, -0.15) is 0 Å². The summed E-state index contributed by atoms with van der Waals surface area (Å²) in [5.41, 5.74) is -0.531. The number of carbonyl (C=O) groups is 1. The predicted octanol–water partition coefficient (Wildman–Crippen LogP) is 1.04. The Balaban J connectivity index is 0.00000392. The molecule has 1 amide bonds. The smallest absolute Gasteiger partial charge is 0.410 e. The molecule has 0 saturated carbocycles. The Hall–Kier alpha value is -1.63. The minimum Gasteiger partial charge on any atom is -0.444 e. The van der Waals surface area contributed by atoms with E-state index in [9.17, 15) is 4.79 Å². The molecule has 1 aromatic heterocycles. The first-order chi connectivity index (χ1) is 12.6. The summed E-state index contributed by atoms with van der Waals surface area (Å²) < 4.78 is 12.9. The number of carbonyl (C=O) groups excluding carboxylic acids is 1. The quantitative estimate of drug-likeness (QED) is 0.355. The molecule has 1 aliphatic heterocycles. The largest absolute Gasteiger partial charge is 0.444 e. The second-order valence-corrected chi connectivity index (χ2v) is 7.56. The second kappa shape index (κ2) is 10.2. The van der Waals surface area contributed by atoms with Gasteiger partial charge in [-0.15, -0.1) is 34.2 Å². The van der Waals surface area contributed by atoms with Gasteiger partial charge in [-0.25, -0.2) is 4.79 Å². The zero-order valence-corrected chi connectivity index (χ0v) is 20.0. The Morgan fingerprint density at radius 2 is 2.00 bits per heavy atom. The van der Waals surface area contributed by atoms with E-state index in [1.54, 1.807) is 19.1 Å². The van der Waals surface area contributed by atoms with Crippen molar-refractivity contribution in [3.05, 3.63) is 11.6 Å². The zero-order valence-electron chi connectivity index (χ0n) is 17.6. The molecule has 0 aliphatic carbocycles. The van der Waals surface area contributed by atoms with E-state index in [1.165, 1.54) is 0 Å². The third-order valence-electron chi connectivity index (χ3n) is 4.36. The monoisotopic (exact) mass is 509 g/mol. The Morgan fingerprint density at radius 1 is 1.32 bits per heavy atom. The first-order valence-electron chi connectivity index (χ1n) is 8.97. The summed E-state index contributed by atoms with van der Waals surface area (Å²) in [6.45, 7) is 8.87. The molecule has 1 fully saturated rings. The van der Waals surface area contributed by atoms with Crippen molar-refractivity contribution in [3.8, 4) is 0 Å². The molecule has 28 heavy (non-hydrogen) atoms. The molecular weight excluding hydrogens is 477 g/mol. The predicted molar refractivity (Wildman–Crippen MR) is 117 cm³/mol.